The van der Waals surface area contributed by atoms with E-state index in [4.69, 9.17) is 5.26 Å². The number of alkyl halides is 3. The maximum atomic E-state index is 13.0. The first-order chi connectivity index (χ1) is 8.57. The van der Waals surface area contributed by atoms with Crippen LogP contribution in [0.3, 0.4) is 0 Å². The van der Waals surface area contributed by atoms with Gasteiger partial charge in [0, 0.05) is 22.9 Å². The number of hydrogen-bond acceptors (Lipinski definition) is 3. The van der Waals surface area contributed by atoms with Crippen LogP contribution in [-0.4, -0.2) is 10.8 Å². The van der Waals surface area contributed by atoms with E-state index in [9.17, 15) is 18.0 Å². The lowest BCUT2D eigenvalue weighted by molar-refractivity contribution is -0.138. The minimum Gasteiger partial charge on any atom is -0.293 e. The van der Waals surface area contributed by atoms with E-state index in [-0.39, 0.29) is 5.69 Å². The largest absolute Gasteiger partial charge is 0.417 e. The number of rotatable bonds is 2. The van der Waals surface area contributed by atoms with Crippen molar-refractivity contribution in [2.24, 2.45) is 0 Å². The maximum absolute atomic E-state index is 13.0. The van der Waals surface area contributed by atoms with Crippen molar-refractivity contribution in [2.45, 2.75) is 38.8 Å². The fourth-order valence-corrected chi connectivity index (χ4v) is 1.49. The number of aromatic nitrogens is 1. The Morgan fingerprint density at radius 3 is 2.37 bits per heavy atom. The minimum atomic E-state index is -4.65. The van der Waals surface area contributed by atoms with Crippen LogP contribution in [0.1, 0.15) is 48.8 Å². The number of hydrogen-bond donors (Lipinski definition) is 0. The lowest BCUT2D eigenvalue weighted by atomic mass is 9.89. The van der Waals surface area contributed by atoms with Crippen LogP contribution in [0, 0.1) is 11.3 Å². The highest BCUT2D eigenvalue weighted by molar-refractivity contribution is 5.98. The summed E-state index contributed by atoms with van der Waals surface area (Å²) in [6, 6.07) is 2.42. The van der Waals surface area contributed by atoms with E-state index < -0.39 is 34.9 Å². The fraction of sp³-hybridized carbons (Fsp3) is 0.462. The van der Waals surface area contributed by atoms with Crippen LogP contribution >= 0.6 is 0 Å². The average molecular weight is 270 g/mol. The zero-order valence-electron chi connectivity index (χ0n) is 10.8. The number of carbonyl (C=O) groups excluding carboxylic acids is 1. The Hall–Kier alpha value is -1.90. The van der Waals surface area contributed by atoms with Gasteiger partial charge in [-0.1, -0.05) is 20.8 Å². The summed E-state index contributed by atoms with van der Waals surface area (Å²) in [4.78, 5) is 15.4. The molecular formula is C13H13F3N2O. The number of carbonyl (C=O) groups is 1. The molecule has 1 aromatic rings. The lowest BCUT2D eigenvalue weighted by Gasteiger charge is -2.20. The van der Waals surface area contributed by atoms with Crippen molar-refractivity contribution in [2.75, 3.05) is 0 Å². The van der Waals surface area contributed by atoms with Gasteiger partial charge in [-0.2, -0.15) is 18.4 Å². The fourth-order valence-electron chi connectivity index (χ4n) is 1.49. The van der Waals surface area contributed by atoms with Gasteiger partial charge in [0.1, 0.15) is 0 Å². The quantitative estimate of drug-likeness (QED) is 0.773. The highest BCUT2D eigenvalue weighted by Crippen LogP contribution is 2.34. The Morgan fingerprint density at radius 1 is 1.37 bits per heavy atom. The third-order valence-electron chi connectivity index (χ3n) is 2.52. The number of nitrogens with zero attached hydrogens (tertiary/aromatic N) is 2. The van der Waals surface area contributed by atoms with Gasteiger partial charge in [-0.25, -0.2) is 0 Å². The zero-order chi connectivity index (χ0) is 14.8. The molecule has 0 aromatic carbocycles. The van der Waals surface area contributed by atoms with Gasteiger partial charge in [-0.3, -0.25) is 9.78 Å². The number of pyridine rings is 1. The second-order valence-corrected chi connectivity index (χ2v) is 5.12. The summed E-state index contributed by atoms with van der Waals surface area (Å²) in [5.41, 5.74) is -1.90. The first kappa shape index (κ1) is 15.2. The summed E-state index contributed by atoms with van der Waals surface area (Å²) < 4.78 is 38.9. The van der Waals surface area contributed by atoms with E-state index in [0.29, 0.717) is 0 Å². The van der Waals surface area contributed by atoms with Crippen molar-refractivity contribution >= 4 is 5.78 Å². The van der Waals surface area contributed by atoms with Crippen molar-refractivity contribution in [3.05, 3.63) is 29.1 Å². The summed E-state index contributed by atoms with van der Waals surface area (Å²) in [6.45, 7) is 5.19. The molecule has 19 heavy (non-hydrogen) atoms. The number of Topliss-reactive ketones (excluding diaryl/α,β-unsaturated/α-hetero) is 1. The van der Waals surface area contributed by atoms with Crippen LogP contribution in [0.25, 0.3) is 0 Å². The number of nitriles is 1. The molecule has 0 N–H and O–H groups in total. The summed E-state index contributed by atoms with van der Waals surface area (Å²) >= 11 is 0. The molecule has 1 aromatic heterocycles. The number of ketones is 1. The van der Waals surface area contributed by atoms with Crippen LogP contribution in [0.5, 0.6) is 0 Å². The normalized spacial score (nSPS) is 12.1. The highest BCUT2D eigenvalue weighted by Gasteiger charge is 2.36. The SMILES string of the molecule is CC(C)(C)c1cc(C(F)(F)F)c(C(=O)CC#N)cn1. The Labute approximate surface area is 109 Å². The van der Waals surface area contributed by atoms with E-state index in [1.165, 1.54) is 0 Å². The molecule has 0 fully saturated rings. The third kappa shape index (κ3) is 3.53. The van der Waals surface area contributed by atoms with Crippen LogP contribution in [0.15, 0.2) is 12.3 Å². The van der Waals surface area contributed by atoms with Gasteiger partial charge < -0.3 is 0 Å². The van der Waals surface area contributed by atoms with Gasteiger partial charge in [-0.15, -0.1) is 0 Å². The van der Waals surface area contributed by atoms with Crippen LogP contribution < -0.4 is 0 Å². The van der Waals surface area contributed by atoms with Gasteiger partial charge in [0.05, 0.1) is 18.1 Å². The molecule has 0 unspecified atom stereocenters. The van der Waals surface area contributed by atoms with Gasteiger partial charge in [0.15, 0.2) is 5.78 Å². The number of halogens is 3. The topological polar surface area (TPSA) is 53.8 Å². The van der Waals surface area contributed by atoms with Crippen molar-refractivity contribution < 1.29 is 18.0 Å². The summed E-state index contributed by atoms with van der Waals surface area (Å²) in [5.74, 6) is -0.872. The van der Waals surface area contributed by atoms with Crippen LogP contribution in [-0.2, 0) is 11.6 Å². The van der Waals surface area contributed by atoms with E-state index in [2.05, 4.69) is 4.98 Å². The molecule has 0 spiro atoms. The van der Waals surface area contributed by atoms with Gasteiger partial charge in [0.2, 0.25) is 0 Å². The highest BCUT2D eigenvalue weighted by atomic mass is 19.4. The first-order valence-electron chi connectivity index (χ1n) is 5.55. The molecule has 1 heterocycles. The lowest BCUT2D eigenvalue weighted by Crippen LogP contribution is -2.19. The average Bonchev–Trinajstić information content (AvgIpc) is 2.26. The Kier molecular flexibility index (Phi) is 3.99. The minimum absolute atomic E-state index is 0.244. The van der Waals surface area contributed by atoms with Gasteiger partial charge in [-0.05, 0) is 6.07 Å². The zero-order valence-corrected chi connectivity index (χ0v) is 10.8. The molecule has 0 radical (unpaired) electrons. The smallest absolute Gasteiger partial charge is 0.293 e. The maximum Gasteiger partial charge on any atom is 0.417 e. The molecule has 3 nitrogen and oxygen atoms in total. The molecule has 0 amide bonds. The molecule has 0 aliphatic carbocycles. The van der Waals surface area contributed by atoms with E-state index in [1.54, 1.807) is 26.8 Å². The summed E-state index contributed by atoms with van der Waals surface area (Å²) in [5, 5.41) is 8.40. The molecule has 0 aliphatic rings. The molecule has 0 bridgehead atoms. The van der Waals surface area contributed by atoms with E-state index in [0.717, 1.165) is 12.3 Å². The van der Waals surface area contributed by atoms with Crippen molar-refractivity contribution in [1.82, 2.24) is 4.98 Å². The Balaban J connectivity index is 3.43. The predicted molar refractivity (Wildman–Crippen MR) is 62.5 cm³/mol. The summed E-state index contributed by atoms with van der Waals surface area (Å²) in [7, 11) is 0. The molecular weight excluding hydrogens is 257 g/mol. The van der Waals surface area contributed by atoms with Gasteiger partial charge in [0.25, 0.3) is 0 Å². The molecule has 6 heteroatoms. The second-order valence-electron chi connectivity index (χ2n) is 5.12. The molecule has 102 valence electrons. The Morgan fingerprint density at radius 2 is 1.95 bits per heavy atom. The molecule has 0 saturated heterocycles. The van der Waals surface area contributed by atoms with Crippen molar-refractivity contribution in [3.63, 3.8) is 0 Å². The predicted octanol–water partition coefficient (Wildman–Crippen LogP) is 3.49. The third-order valence-corrected chi connectivity index (χ3v) is 2.52. The van der Waals surface area contributed by atoms with Crippen LogP contribution in [0.2, 0.25) is 0 Å². The summed E-state index contributed by atoms with van der Waals surface area (Å²) in [6.07, 6.45) is -4.34. The molecule has 1 rings (SSSR count). The standard InChI is InChI=1S/C13H13F3N2O/c1-12(2,3)11-6-9(13(14,15)16)8(7-18-11)10(19)4-5-17/h6-7H,4H2,1-3H3. The van der Waals surface area contributed by atoms with Crippen LogP contribution in [0.4, 0.5) is 13.2 Å². The molecule has 0 saturated carbocycles. The monoisotopic (exact) mass is 270 g/mol. The Bertz CT molecular complexity index is 536. The van der Waals surface area contributed by atoms with Crippen molar-refractivity contribution in [3.8, 4) is 6.07 Å². The van der Waals surface area contributed by atoms with E-state index >= 15 is 0 Å². The van der Waals surface area contributed by atoms with Gasteiger partial charge >= 0.3 is 6.18 Å². The first-order valence-corrected chi connectivity index (χ1v) is 5.55. The van der Waals surface area contributed by atoms with Crippen molar-refractivity contribution in [1.29, 1.82) is 5.26 Å². The molecule has 0 aliphatic heterocycles. The molecule has 0 atom stereocenters. The second kappa shape index (κ2) is 5.00. The van der Waals surface area contributed by atoms with E-state index in [1.807, 2.05) is 0 Å².